The molecule has 110 valence electrons. The standard InChI is InChI=1S/C13H17ClN2O3S/c1-3-9-13(18)15-8(2)6-16(9)11(17)7-19-12-5-4-10(14)20-12/h4-5,8-9H,3,6-7H2,1-2H3,(H,15,18)/t8?,9-/m0/s1. The van der Waals surface area contributed by atoms with E-state index in [-0.39, 0.29) is 24.5 Å². The van der Waals surface area contributed by atoms with Gasteiger partial charge in [0.1, 0.15) is 6.04 Å². The Labute approximate surface area is 126 Å². The van der Waals surface area contributed by atoms with Crippen LogP contribution in [0, 0.1) is 0 Å². The van der Waals surface area contributed by atoms with Gasteiger partial charge in [0.25, 0.3) is 5.91 Å². The summed E-state index contributed by atoms with van der Waals surface area (Å²) in [5.74, 6) is -0.276. The number of nitrogens with zero attached hydrogens (tertiary/aromatic N) is 1. The quantitative estimate of drug-likeness (QED) is 0.923. The number of carbonyl (C=O) groups excluding carboxylic acids is 2. The van der Waals surface area contributed by atoms with Crippen molar-refractivity contribution in [3.05, 3.63) is 16.5 Å². The minimum Gasteiger partial charge on any atom is -0.474 e. The SMILES string of the molecule is CC[C@H]1C(=O)NC(C)CN1C(=O)COc1ccc(Cl)s1. The molecule has 0 aromatic carbocycles. The first-order valence-corrected chi connectivity index (χ1v) is 7.68. The average molecular weight is 317 g/mol. The van der Waals surface area contributed by atoms with E-state index in [1.165, 1.54) is 11.3 Å². The highest BCUT2D eigenvalue weighted by atomic mass is 35.5. The zero-order valence-corrected chi connectivity index (χ0v) is 13.0. The summed E-state index contributed by atoms with van der Waals surface area (Å²) >= 11 is 7.08. The van der Waals surface area contributed by atoms with Crippen molar-refractivity contribution in [2.45, 2.75) is 32.4 Å². The molecule has 1 saturated heterocycles. The largest absolute Gasteiger partial charge is 0.474 e. The molecule has 0 aliphatic carbocycles. The zero-order chi connectivity index (χ0) is 14.7. The van der Waals surface area contributed by atoms with Gasteiger partial charge < -0.3 is 15.0 Å². The van der Waals surface area contributed by atoms with Crippen LogP contribution in [0.5, 0.6) is 5.06 Å². The van der Waals surface area contributed by atoms with Crippen LogP contribution in [0.3, 0.4) is 0 Å². The van der Waals surface area contributed by atoms with E-state index in [4.69, 9.17) is 16.3 Å². The lowest BCUT2D eigenvalue weighted by atomic mass is 10.1. The number of rotatable bonds is 4. The van der Waals surface area contributed by atoms with Crippen LogP contribution in [0.25, 0.3) is 0 Å². The van der Waals surface area contributed by atoms with Crippen molar-refractivity contribution in [1.82, 2.24) is 10.2 Å². The summed E-state index contributed by atoms with van der Waals surface area (Å²) in [5, 5.41) is 3.46. The minimum absolute atomic E-state index is 0.0366. The monoisotopic (exact) mass is 316 g/mol. The van der Waals surface area contributed by atoms with Crippen molar-refractivity contribution in [3.8, 4) is 5.06 Å². The van der Waals surface area contributed by atoms with Gasteiger partial charge in [0.05, 0.1) is 4.34 Å². The Hall–Kier alpha value is -1.27. The van der Waals surface area contributed by atoms with E-state index in [0.29, 0.717) is 22.4 Å². The van der Waals surface area contributed by atoms with Gasteiger partial charge in [-0.05, 0) is 25.5 Å². The van der Waals surface area contributed by atoms with E-state index in [2.05, 4.69) is 5.32 Å². The summed E-state index contributed by atoms with van der Waals surface area (Å²) in [6.07, 6.45) is 0.592. The Bertz CT molecular complexity index is 506. The van der Waals surface area contributed by atoms with Crippen LogP contribution < -0.4 is 10.1 Å². The lowest BCUT2D eigenvalue weighted by molar-refractivity contribution is -0.146. The van der Waals surface area contributed by atoms with Crippen molar-refractivity contribution in [2.75, 3.05) is 13.2 Å². The molecular weight excluding hydrogens is 300 g/mol. The molecule has 0 radical (unpaired) electrons. The van der Waals surface area contributed by atoms with Crippen molar-refractivity contribution < 1.29 is 14.3 Å². The summed E-state index contributed by atoms with van der Waals surface area (Å²) in [6, 6.07) is 3.00. The molecule has 1 aliphatic heterocycles. The van der Waals surface area contributed by atoms with Gasteiger partial charge in [-0.15, -0.1) is 0 Å². The average Bonchev–Trinajstić information content (AvgIpc) is 2.81. The summed E-state index contributed by atoms with van der Waals surface area (Å²) in [7, 11) is 0. The molecule has 2 heterocycles. The number of amides is 2. The van der Waals surface area contributed by atoms with Gasteiger partial charge in [0, 0.05) is 12.6 Å². The number of halogens is 1. The number of carbonyl (C=O) groups is 2. The van der Waals surface area contributed by atoms with Crippen LogP contribution in [0.2, 0.25) is 4.34 Å². The molecule has 1 aromatic rings. The first kappa shape index (κ1) is 15.1. The number of thiophene rings is 1. The number of hydrogen-bond donors (Lipinski definition) is 1. The predicted octanol–water partition coefficient (Wildman–Crippen LogP) is 1.91. The second kappa shape index (κ2) is 6.45. The normalized spacial score (nSPS) is 22.6. The van der Waals surface area contributed by atoms with Crippen molar-refractivity contribution >= 4 is 34.8 Å². The maximum Gasteiger partial charge on any atom is 0.261 e. The molecule has 2 amide bonds. The molecule has 5 nitrogen and oxygen atoms in total. The molecule has 1 aliphatic rings. The van der Waals surface area contributed by atoms with Crippen LogP contribution in [0.15, 0.2) is 12.1 Å². The number of ether oxygens (including phenoxy) is 1. The third-order valence-corrected chi connectivity index (χ3v) is 4.28. The van der Waals surface area contributed by atoms with E-state index in [9.17, 15) is 9.59 Å². The van der Waals surface area contributed by atoms with E-state index in [1.807, 2.05) is 13.8 Å². The summed E-state index contributed by atoms with van der Waals surface area (Å²) in [6.45, 7) is 4.20. The first-order chi connectivity index (χ1) is 9.51. The van der Waals surface area contributed by atoms with Gasteiger partial charge in [-0.1, -0.05) is 29.9 Å². The molecule has 1 fully saturated rings. The minimum atomic E-state index is -0.408. The highest BCUT2D eigenvalue weighted by molar-refractivity contribution is 7.17. The van der Waals surface area contributed by atoms with Gasteiger partial charge in [-0.2, -0.15) is 0 Å². The van der Waals surface area contributed by atoms with Crippen LogP contribution in [0.4, 0.5) is 0 Å². The fraction of sp³-hybridized carbons (Fsp3) is 0.538. The zero-order valence-electron chi connectivity index (χ0n) is 11.4. The van der Waals surface area contributed by atoms with Crippen molar-refractivity contribution in [2.24, 2.45) is 0 Å². The number of hydrogen-bond acceptors (Lipinski definition) is 4. The lowest BCUT2D eigenvalue weighted by Gasteiger charge is -2.37. The maximum absolute atomic E-state index is 12.2. The van der Waals surface area contributed by atoms with Crippen molar-refractivity contribution in [1.29, 1.82) is 0 Å². The summed E-state index contributed by atoms with van der Waals surface area (Å²) < 4.78 is 6.03. The number of nitrogens with one attached hydrogen (secondary N) is 1. The van der Waals surface area contributed by atoms with Gasteiger partial charge in [-0.3, -0.25) is 9.59 Å². The van der Waals surface area contributed by atoms with Gasteiger partial charge in [0.15, 0.2) is 11.7 Å². The molecule has 20 heavy (non-hydrogen) atoms. The smallest absolute Gasteiger partial charge is 0.261 e. The van der Waals surface area contributed by atoms with Crippen LogP contribution in [-0.4, -0.2) is 41.9 Å². The van der Waals surface area contributed by atoms with Crippen LogP contribution in [-0.2, 0) is 9.59 Å². The molecule has 2 atom stereocenters. The first-order valence-electron chi connectivity index (χ1n) is 6.49. The van der Waals surface area contributed by atoms with Gasteiger partial charge in [-0.25, -0.2) is 0 Å². The van der Waals surface area contributed by atoms with Crippen LogP contribution in [0.1, 0.15) is 20.3 Å². The molecule has 1 unspecified atom stereocenters. The third kappa shape index (κ3) is 3.43. The maximum atomic E-state index is 12.2. The Morgan fingerprint density at radius 3 is 2.95 bits per heavy atom. The molecule has 7 heteroatoms. The lowest BCUT2D eigenvalue weighted by Crippen LogP contribution is -2.61. The molecule has 0 spiro atoms. The van der Waals surface area contributed by atoms with E-state index < -0.39 is 6.04 Å². The molecule has 1 aromatic heterocycles. The van der Waals surface area contributed by atoms with E-state index in [0.717, 1.165) is 0 Å². The highest BCUT2D eigenvalue weighted by Crippen LogP contribution is 2.28. The van der Waals surface area contributed by atoms with E-state index in [1.54, 1.807) is 17.0 Å². The Balaban J connectivity index is 1.97. The fourth-order valence-corrected chi connectivity index (χ4v) is 3.09. The molecule has 2 rings (SSSR count). The summed E-state index contributed by atoms with van der Waals surface area (Å²) in [4.78, 5) is 25.7. The topological polar surface area (TPSA) is 58.6 Å². The van der Waals surface area contributed by atoms with Crippen LogP contribution >= 0.6 is 22.9 Å². The van der Waals surface area contributed by atoms with E-state index >= 15 is 0 Å². The van der Waals surface area contributed by atoms with Gasteiger partial charge in [0.2, 0.25) is 5.91 Å². The van der Waals surface area contributed by atoms with Crippen molar-refractivity contribution in [3.63, 3.8) is 0 Å². The Morgan fingerprint density at radius 2 is 2.35 bits per heavy atom. The Kier molecular flexibility index (Phi) is 4.88. The second-order valence-corrected chi connectivity index (χ2v) is 6.40. The number of piperazine rings is 1. The molecule has 0 saturated carbocycles. The second-order valence-electron chi connectivity index (χ2n) is 4.73. The third-order valence-electron chi connectivity index (χ3n) is 3.13. The molecule has 1 N–H and O–H groups in total. The molecule has 0 bridgehead atoms. The molecular formula is C13H17ClN2O3S. The highest BCUT2D eigenvalue weighted by Gasteiger charge is 2.34. The Morgan fingerprint density at radius 1 is 1.60 bits per heavy atom. The predicted molar refractivity (Wildman–Crippen MR) is 78.2 cm³/mol. The fourth-order valence-electron chi connectivity index (χ4n) is 2.22. The summed E-state index contributed by atoms with van der Waals surface area (Å²) in [5.41, 5.74) is 0. The van der Waals surface area contributed by atoms with Gasteiger partial charge >= 0.3 is 0 Å².